The Morgan fingerprint density at radius 2 is 1.89 bits per heavy atom. The van der Waals surface area contributed by atoms with Crippen molar-refractivity contribution in [2.24, 2.45) is 0 Å². The third-order valence-corrected chi connectivity index (χ3v) is 4.90. The van der Waals surface area contributed by atoms with E-state index in [-0.39, 0.29) is 5.25 Å². The fourth-order valence-electron chi connectivity index (χ4n) is 1.73. The summed E-state index contributed by atoms with van der Waals surface area (Å²) in [7, 11) is -3.12. The average Bonchev–Trinajstić information content (AvgIpc) is 2.28. The molecule has 18 heavy (non-hydrogen) atoms. The molecule has 1 rings (SSSR count). The van der Waals surface area contributed by atoms with Crippen LogP contribution in [-0.2, 0) is 16.4 Å². The molecule has 1 aromatic rings. The van der Waals surface area contributed by atoms with Crippen molar-refractivity contribution in [2.75, 3.05) is 6.54 Å². The predicted octanol–water partition coefficient (Wildman–Crippen LogP) is 2.56. The number of aryl methyl sites for hydroxylation is 3. The second-order valence-corrected chi connectivity index (χ2v) is 7.34. The van der Waals surface area contributed by atoms with Crippen LogP contribution in [0.2, 0.25) is 0 Å². The smallest absolute Gasteiger partial charge is 0.213 e. The summed E-state index contributed by atoms with van der Waals surface area (Å²) >= 11 is 0. The predicted molar refractivity (Wildman–Crippen MR) is 76.3 cm³/mol. The molecule has 0 radical (unpaired) electrons. The van der Waals surface area contributed by atoms with E-state index in [1.165, 1.54) is 16.7 Å². The van der Waals surface area contributed by atoms with Gasteiger partial charge < -0.3 is 0 Å². The zero-order chi connectivity index (χ0) is 13.8. The Bertz CT molecular complexity index is 493. The molecule has 0 aliphatic heterocycles. The lowest BCUT2D eigenvalue weighted by Crippen LogP contribution is -2.31. The van der Waals surface area contributed by atoms with E-state index < -0.39 is 10.0 Å². The Labute approximate surface area is 111 Å². The summed E-state index contributed by atoms with van der Waals surface area (Å²) in [5.41, 5.74) is 3.82. The third kappa shape index (κ3) is 4.42. The molecule has 1 N–H and O–H groups in total. The molecule has 0 aliphatic carbocycles. The first-order valence-corrected chi connectivity index (χ1v) is 7.92. The van der Waals surface area contributed by atoms with Crippen LogP contribution in [0, 0.1) is 13.8 Å². The van der Waals surface area contributed by atoms with Crippen LogP contribution in [0.3, 0.4) is 0 Å². The highest BCUT2D eigenvalue weighted by molar-refractivity contribution is 7.90. The first-order valence-electron chi connectivity index (χ1n) is 6.37. The summed E-state index contributed by atoms with van der Waals surface area (Å²) in [6, 6.07) is 6.38. The number of nitrogens with one attached hydrogen (secondary N) is 1. The second kappa shape index (κ2) is 6.34. The molecule has 0 bridgehead atoms. The maximum atomic E-state index is 11.6. The van der Waals surface area contributed by atoms with Crippen molar-refractivity contribution < 1.29 is 8.42 Å². The molecule has 0 amide bonds. The minimum absolute atomic E-state index is 0.363. The molecule has 0 aliphatic rings. The molecule has 102 valence electrons. The lowest BCUT2D eigenvalue weighted by atomic mass is 10.0. The second-order valence-electron chi connectivity index (χ2n) is 5.02. The number of hydrogen-bond donors (Lipinski definition) is 1. The van der Waals surface area contributed by atoms with E-state index >= 15 is 0 Å². The van der Waals surface area contributed by atoms with Gasteiger partial charge in [0.15, 0.2) is 0 Å². The SMILES string of the molecule is Cc1ccc(C)c(CCCNS(=O)(=O)C(C)C)c1. The van der Waals surface area contributed by atoms with Gasteiger partial charge in [-0.05, 0) is 51.7 Å². The van der Waals surface area contributed by atoms with Gasteiger partial charge >= 0.3 is 0 Å². The van der Waals surface area contributed by atoms with Crippen LogP contribution in [0.5, 0.6) is 0 Å². The van der Waals surface area contributed by atoms with Gasteiger partial charge in [0.2, 0.25) is 10.0 Å². The van der Waals surface area contributed by atoms with Gasteiger partial charge in [0, 0.05) is 6.54 Å². The molecular formula is C14H23NO2S. The number of benzene rings is 1. The monoisotopic (exact) mass is 269 g/mol. The maximum absolute atomic E-state index is 11.6. The van der Waals surface area contributed by atoms with Crippen molar-refractivity contribution in [3.63, 3.8) is 0 Å². The topological polar surface area (TPSA) is 46.2 Å². The number of hydrogen-bond acceptors (Lipinski definition) is 2. The van der Waals surface area contributed by atoms with Gasteiger partial charge in [-0.2, -0.15) is 0 Å². The highest BCUT2D eigenvalue weighted by Crippen LogP contribution is 2.12. The Morgan fingerprint density at radius 3 is 2.50 bits per heavy atom. The van der Waals surface area contributed by atoms with Gasteiger partial charge in [-0.1, -0.05) is 23.8 Å². The Balaban J connectivity index is 2.46. The first kappa shape index (κ1) is 15.2. The molecule has 3 nitrogen and oxygen atoms in total. The average molecular weight is 269 g/mol. The summed E-state index contributed by atoms with van der Waals surface area (Å²) in [5, 5.41) is -0.363. The molecule has 4 heteroatoms. The molecule has 0 spiro atoms. The fourth-order valence-corrected chi connectivity index (χ4v) is 2.49. The van der Waals surface area contributed by atoms with Crippen molar-refractivity contribution in [3.05, 3.63) is 34.9 Å². The normalized spacial score (nSPS) is 12.1. The van der Waals surface area contributed by atoms with Gasteiger partial charge in [-0.3, -0.25) is 0 Å². The van der Waals surface area contributed by atoms with E-state index in [1.807, 2.05) is 0 Å². The lowest BCUT2D eigenvalue weighted by molar-refractivity contribution is 0.570. The van der Waals surface area contributed by atoms with E-state index in [0.29, 0.717) is 6.54 Å². The molecule has 0 fully saturated rings. The number of rotatable bonds is 6. The highest BCUT2D eigenvalue weighted by Gasteiger charge is 2.14. The first-order chi connectivity index (χ1) is 8.33. The third-order valence-electron chi connectivity index (χ3n) is 3.05. The Morgan fingerprint density at radius 1 is 1.22 bits per heavy atom. The Kier molecular flexibility index (Phi) is 5.35. The zero-order valence-corrected chi connectivity index (χ0v) is 12.5. The van der Waals surface area contributed by atoms with Crippen LogP contribution in [0.15, 0.2) is 18.2 Å². The van der Waals surface area contributed by atoms with Crippen LogP contribution in [0.4, 0.5) is 0 Å². The van der Waals surface area contributed by atoms with Crippen molar-refractivity contribution in [1.29, 1.82) is 0 Å². The van der Waals surface area contributed by atoms with Crippen molar-refractivity contribution in [2.45, 2.75) is 45.8 Å². The summed E-state index contributed by atoms with van der Waals surface area (Å²) < 4.78 is 25.7. The molecule has 0 heterocycles. The number of sulfonamides is 1. The van der Waals surface area contributed by atoms with Gasteiger partial charge in [-0.15, -0.1) is 0 Å². The fraction of sp³-hybridized carbons (Fsp3) is 0.571. The van der Waals surface area contributed by atoms with Gasteiger partial charge in [-0.25, -0.2) is 13.1 Å². The van der Waals surface area contributed by atoms with Crippen molar-refractivity contribution in [3.8, 4) is 0 Å². The van der Waals surface area contributed by atoms with Crippen LogP contribution < -0.4 is 4.72 Å². The maximum Gasteiger partial charge on any atom is 0.213 e. The van der Waals surface area contributed by atoms with E-state index in [9.17, 15) is 8.42 Å². The molecule has 0 saturated heterocycles. The Hall–Kier alpha value is -0.870. The molecule has 0 saturated carbocycles. The van der Waals surface area contributed by atoms with Crippen LogP contribution in [-0.4, -0.2) is 20.2 Å². The molecule has 0 unspecified atom stereocenters. The van der Waals surface area contributed by atoms with Gasteiger partial charge in [0.05, 0.1) is 5.25 Å². The standard InChI is InChI=1S/C14H23NO2S/c1-11(2)18(16,17)15-9-5-6-14-10-12(3)7-8-13(14)4/h7-8,10-11,15H,5-6,9H2,1-4H3. The molecular weight excluding hydrogens is 246 g/mol. The minimum Gasteiger partial charge on any atom is -0.215 e. The summed E-state index contributed by atoms with van der Waals surface area (Å²) in [5.74, 6) is 0. The van der Waals surface area contributed by atoms with Crippen molar-refractivity contribution in [1.82, 2.24) is 4.72 Å². The highest BCUT2D eigenvalue weighted by atomic mass is 32.2. The van der Waals surface area contributed by atoms with Gasteiger partial charge in [0.25, 0.3) is 0 Å². The van der Waals surface area contributed by atoms with Crippen LogP contribution in [0.1, 0.15) is 37.0 Å². The van der Waals surface area contributed by atoms with E-state index in [0.717, 1.165) is 12.8 Å². The summed E-state index contributed by atoms with van der Waals surface area (Å²) in [6.07, 6.45) is 1.74. The quantitative estimate of drug-likeness (QED) is 0.807. The van der Waals surface area contributed by atoms with Crippen LogP contribution >= 0.6 is 0 Å². The molecule has 0 atom stereocenters. The van der Waals surface area contributed by atoms with E-state index in [4.69, 9.17) is 0 Å². The van der Waals surface area contributed by atoms with Gasteiger partial charge in [0.1, 0.15) is 0 Å². The summed E-state index contributed by atoms with van der Waals surface area (Å²) in [4.78, 5) is 0. The molecule has 0 aromatic heterocycles. The van der Waals surface area contributed by atoms with E-state index in [2.05, 4.69) is 36.8 Å². The zero-order valence-electron chi connectivity index (χ0n) is 11.7. The van der Waals surface area contributed by atoms with Crippen molar-refractivity contribution >= 4 is 10.0 Å². The minimum atomic E-state index is -3.12. The largest absolute Gasteiger partial charge is 0.215 e. The lowest BCUT2D eigenvalue weighted by Gasteiger charge is -2.10. The molecule has 1 aromatic carbocycles. The van der Waals surface area contributed by atoms with Crippen LogP contribution in [0.25, 0.3) is 0 Å². The summed E-state index contributed by atoms with van der Waals surface area (Å²) in [6.45, 7) is 8.05. The van der Waals surface area contributed by atoms with E-state index in [1.54, 1.807) is 13.8 Å².